The van der Waals surface area contributed by atoms with Crippen LogP contribution in [-0.4, -0.2) is 10.9 Å². The van der Waals surface area contributed by atoms with Crippen molar-refractivity contribution in [3.63, 3.8) is 0 Å². The second kappa shape index (κ2) is 6.03. The molecule has 3 nitrogen and oxygen atoms in total. The van der Waals surface area contributed by atoms with Gasteiger partial charge in [-0.1, -0.05) is 27.5 Å². The van der Waals surface area contributed by atoms with Crippen LogP contribution >= 0.6 is 27.5 Å². The summed E-state index contributed by atoms with van der Waals surface area (Å²) in [6, 6.07) is 6.20. The fraction of sp³-hybridized carbons (Fsp3) is 0.0769. The number of pyridine rings is 1. The van der Waals surface area contributed by atoms with Crippen LogP contribution in [-0.2, 0) is 6.18 Å². The molecule has 0 bridgehead atoms. The Kier molecular flexibility index (Phi) is 4.53. The Morgan fingerprint density at radius 1 is 1.24 bits per heavy atom. The monoisotopic (exact) mass is 378 g/mol. The predicted octanol–water partition coefficient (Wildman–Crippen LogP) is 4.77. The number of anilines is 1. The minimum atomic E-state index is -4.54. The number of nitrogens with zero attached hydrogens (tertiary/aromatic N) is 1. The van der Waals surface area contributed by atoms with Gasteiger partial charge in [0.25, 0.3) is 5.91 Å². The molecule has 0 radical (unpaired) electrons. The van der Waals surface area contributed by atoms with Gasteiger partial charge in [0.2, 0.25) is 0 Å². The van der Waals surface area contributed by atoms with Gasteiger partial charge in [-0.15, -0.1) is 0 Å². The summed E-state index contributed by atoms with van der Waals surface area (Å²) < 4.78 is 38.2. The molecule has 0 fully saturated rings. The fourth-order valence-electron chi connectivity index (χ4n) is 1.54. The van der Waals surface area contributed by atoms with Crippen molar-refractivity contribution in [2.75, 3.05) is 5.32 Å². The van der Waals surface area contributed by atoms with Gasteiger partial charge in [-0.25, -0.2) is 4.98 Å². The predicted molar refractivity (Wildman–Crippen MR) is 76.3 cm³/mol. The smallest absolute Gasteiger partial charge is 0.321 e. The molecule has 0 aliphatic heterocycles. The van der Waals surface area contributed by atoms with Crippen LogP contribution in [0.3, 0.4) is 0 Å². The summed E-state index contributed by atoms with van der Waals surface area (Å²) in [7, 11) is 0. The number of carbonyl (C=O) groups excluding carboxylic acids is 1. The average Bonchev–Trinajstić information content (AvgIpc) is 2.40. The Balaban J connectivity index is 2.25. The standard InChI is InChI=1S/C13H7BrClF3N2O/c14-10-3-1-7(5-9(10)13(16,17)18)12(21)20-8-2-4-11(15)19-6-8/h1-6H,(H,20,21). The zero-order valence-electron chi connectivity index (χ0n) is 10.2. The van der Waals surface area contributed by atoms with Crippen molar-refractivity contribution in [1.29, 1.82) is 0 Å². The minimum Gasteiger partial charge on any atom is -0.321 e. The van der Waals surface area contributed by atoms with Gasteiger partial charge in [0.1, 0.15) is 5.15 Å². The van der Waals surface area contributed by atoms with Gasteiger partial charge >= 0.3 is 6.18 Å². The lowest BCUT2D eigenvalue weighted by atomic mass is 10.1. The number of hydrogen-bond acceptors (Lipinski definition) is 2. The van der Waals surface area contributed by atoms with E-state index in [4.69, 9.17) is 11.6 Å². The molecule has 2 aromatic rings. The van der Waals surface area contributed by atoms with Crippen molar-refractivity contribution in [1.82, 2.24) is 4.98 Å². The maximum absolute atomic E-state index is 12.8. The second-order valence-corrected chi connectivity index (χ2v) is 5.26. The molecule has 1 aromatic carbocycles. The van der Waals surface area contributed by atoms with E-state index in [1.165, 1.54) is 30.5 Å². The maximum atomic E-state index is 12.8. The zero-order chi connectivity index (χ0) is 15.6. The Morgan fingerprint density at radius 2 is 1.95 bits per heavy atom. The average molecular weight is 380 g/mol. The van der Waals surface area contributed by atoms with Gasteiger partial charge in [0, 0.05) is 10.0 Å². The molecule has 0 aliphatic rings. The first-order valence-corrected chi connectivity index (χ1v) is 6.74. The number of carbonyl (C=O) groups is 1. The van der Waals surface area contributed by atoms with Crippen molar-refractivity contribution < 1.29 is 18.0 Å². The van der Waals surface area contributed by atoms with Gasteiger partial charge in [0.15, 0.2) is 0 Å². The minimum absolute atomic E-state index is 0.111. The number of amides is 1. The number of hydrogen-bond donors (Lipinski definition) is 1. The first kappa shape index (κ1) is 15.8. The highest BCUT2D eigenvalue weighted by molar-refractivity contribution is 9.10. The van der Waals surface area contributed by atoms with Crippen LogP contribution in [0.4, 0.5) is 18.9 Å². The molecular weight excluding hydrogens is 373 g/mol. The van der Waals surface area contributed by atoms with E-state index in [1.807, 2.05) is 0 Å². The normalized spacial score (nSPS) is 11.3. The topological polar surface area (TPSA) is 42.0 Å². The van der Waals surface area contributed by atoms with E-state index >= 15 is 0 Å². The molecule has 21 heavy (non-hydrogen) atoms. The van der Waals surface area contributed by atoms with Crippen LogP contribution < -0.4 is 5.32 Å². The molecule has 1 aromatic heterocycles. The largest absolute Gasteiger partial charge is 0.417 e. The summed E-state index contributed by atoms with van der Waals surface area (Å²) in [5.41, 5.74) is -0.689. The van der Waals surface area contributed by atoms with Crippen LogP contribution in [0, 0.1) is 0 Å². The summed E-state index contributed by atoms with van der Waals surface area (Å²) in [5, 5.41) is 2.69. The summed E-state index contributed by atoms with van der Waals surface area (Å²) >= 11 is 8.41. The van der Waals surface area contributed by atoms with Crippen LogP contribution in [0.1, 0.15) is 15.9 Å². The number of rotatable bonds is 2. The Labute approximate surface area is 131 Å². The second-order valence-electron chi connectivity index (χ2n) is 4.02. The quantitative estimate of drug-likeness (QED) is 0.764. The fourth-order valence-corrected chi connectivity index (χ4v) is 2.12. The molecule has 1 N–H and O–H groups in total. The van der Waals surface area contributed by atoms with Gasteiger partial charge in [-0.2, -0.15) is 13.2 Å². The third-order valence-electron chi connectivity index (χ3n) is 2.52. The summed E-state index contributed by atoms with van der Waals surface area (Å²) in [6.45, 7) is 0. The lowest BCUT2D eigenvalue weighted by Crippen LogP contribution is -2.14. The number of benzene rings is 1. The van der Waals surface area contributed by atoms with Crippen molar-refractivity contribution in [3.05, 3.63) is 57.3 Å². The molecule has 8 heteroatoms. The van der Waals surface area contributed by atoms with E-state index in [2.05, 4.69) is 26.2 Å². The molecule has 0 atom stereocenters. The van der Waals surface area contributed by atoms with Gasteiger partial charge < -0.3 is 5.32 Å². The first-order valence-electron chi connectivity index (χ1n) is 5.57. The van der Waals surface area contributed by atoms with Crippen molar-refractivity contribution in [2.24, 2.45) is 0 Å². The Morgan fingerprint density at radius 3 is 2.52 bits per heavy atom. The summed E-state index contributed by atoms with van der Waals surface area (Å²) in [4.78, 5) is 15.7. The van der Waals surface area contributed by atoms with E-state index < -0.39 is 17.6 Å². The zero-order valence-corrected chi connectivity index (χ0v) is 12.6. The van der Waals surface area contributed by atoms with Gasteiger partial charge in [-0.3, -0.25) is 4.79 Å². The maximum Gasteiger partial charge on any atom is 0.417 e. The van der Waals surface area contributed by atoms with E-state index in [1.54, 1.807) is 0 Å². The molecular formula is C13H7BrClF3N2O. The molecule has 2 rings (SSSR count). The Hall–Kier alpha value is -1.60. The van der Waals surface area contributed by atoms with Crippen molar-refractivity contribution in [2.45, 2.75) is 6.18 Å². The van der Waals surface area contributed by atoms with Crippen molar-refractivity contribution in [3.8, 4) is 0 Å². The van der Waals surface area contributed by atoms with E-state index in [0.717, 1.165) is 6.07 Å². The van der Waals surface area contributed by atoms with Gasteiger partial charge in [-0.05, 0) is 30.3 Å². The lowest BCUT2D eigenvalue weighted by Gasteiger charge is -2.11. The SMILES string of the molecule is O=C(Nc1ccc(Cl)nc1)c1ccc(Br)c(C(F)(F)F)c1. The third kappa shape index (κ3) is 3.95. The third-order valence-corrected chi connectivity index (χ3v) is 3.43. The molecule has 0 spiro atoms. The highest BCUT2D eigenvalue weighted by Crippen LogP contribution is 2.35. The molecule has 1 amide bonds. The number of halogens is 5. The van der Waals surface area contributed by atoms with Crippen LogP contribution in [0.25, 0.3) is 0 Å². The van der Waals surface area contributed by atoms with E-state index in [0.29, 0.717) is 5.69 Å². The number of alkyl halides is 3. The molecule has 0 saturated carbocycles. The summed E-state index contributed by atoms with van der Waals surface area (Å²) in [6.07, 6.45) is -3.24. The van der Waals surface area contributed by atoms with Crippen LogP contribution in [0.5, 0.6) is 0 Å². The highest BCUT2D eigenvalue weighted by atomic mass is 79.9. The molecule has 0 aliphatic carbocycles. The Bertz CT molecular complexity index is 674. The molecule has 1 heterocycles. The van der Waals surface area contributed by atoms with Crippen LogP contribution in [0.15, 0.2) is 41.0 Å². The van der Waals surface area contributed by atoms with Crippen LogP contribution in [0.2, 0.25) is 5.15 Å². The molecule has 0 unspecified atom stereocenters. The number of aromatic nitrogens is 1. The molecule has 110 valence electrons. The molecule has 0 saturated heterocycles. The van der Waals surface area contributed by atoms with Crippen molar-refractivity contribution >= 4 is 39.1 Å². The van der Waals surface area contributed by atoms with E-state index in [-0.39, 0.29) is 15.2 Å². The van der Waals surface area contributed by atoms with E-state index in [9.17, 15) is 18.0 Å². The van der Waals surface area contributed by atoms with Gasteiger partial charge in [0.05, 0.1) is 17.4 Å². The first-order chi connectivity index (χ1) is 9.77. The lowest BCUT2D eigenvalue weighted by molar-refractivity contribution is -0.138. The number of nitrogens with one attached hydrogen (secondary N) is 1. The summed E-state index contributed by atoms with van der Waals surface area (Å²) in [5.74, 6) is -0.669. The highest BCUT2D eigenvalue weighted by Gasteiger charge is 2.33.